The van der Waals surface area contributed by atoms with Gasteiger partial charge >= 0.3 is 16.7 Å². The Labute approximate surface area is 66.0 Å². The summed E-state index contributed by atoms with van der Waals surface area (Å²) in [6.45, 7) is 4.66. The van der Waals surface area contributed by atoms with Gasteiger partial charge in [-0.1, -0.05) is 0 Å². The van der Waals surface area contributed by atoms with Crippen molar-refractivity contribution in [3.63, 3.8) is 0 Å². The van der Waals surface area contributed by atoms with Crippen molar-refractivity contribution in [1.82, 2.24) is 4.72 Å². The molecule has 1 amide bonds. The van der Waals surface area contributed by atoms with E-state index in [0.717, 1.165) is 6.41 Å². The SMILES string of the molecule is CC(C)(C)OS(=O)(=O)N[C]=O. The minimum atomic E-state index is -3.96. The lowest BCUT2D eigenvalue weighted by atomic mass is 10.2. The van der Waals surface area contributed by atoms with Crippen LogP contribution < -0.4 is 4.72 Å². The van der Waals surface area contributed by atoms with E-state index in [1.165, 1.54) is 4.72 Å². The van der Waals surface area contributed by atoms with Gasteiger partial charge in [0.1, 0.15) is 0 Å². The van der Waals surface area contributed by atoms with Crippen LogP contribution in [0.25, 0.3) is 0 Å². The number of nitrogens with one attached hydrogen (secondary N) is 1. The monoisotopic (exact) mass is 180 g/mol. The van der Waals surface area contributed by atoms with E-state index in [2.05, 4.69) is 4.18 Å². The Morgan fingerprint density at radius 3 is 2.09 bits per heavy atom. The molecule has 0 unspecified atom stereocenters. The predicted octanol–water partition coefficient (Wildman–Crippen LogP) is -0.297. The molecule has 0 aromatic carbocycles. The molecule has 0 aromatic rings. The second kappa shape index (κ2) is 3.19. The van der Waals surface area contributed by atoms with E-state index in [1.54, 1.807) is 20.8 Å². The highest BCUT2D eigenvalue weighted by molar-refractivity contribution is 7.85. The molecule has 0 rings (SSSR count). The molecule has 0 spiro atoms. The van der Waals surface area contributed by atoms with Crippen molar-refractivity contribution < 1.29 is 17.4 Å². The number of carbonyl (C=O) groups excluding carboxylic acids is 1. The predicted molar refractivity (Wildman–Crippen MR) is 38.6 cm³/mol. The summed E-state index contributed by atoms with van der Waals surface area (Å²) in [6.07, 6.45) is 1.02. The summed E-state index contributed by atoms with van der Waals surface area (Å²) >= 11 is 0. The van der Waals surface area contributed by atoms with Crippen LogP contribution in [-0.4, -0.2) is 20.4 Å². The van der Waals surface area contributed by atoms with Crippen molar-refractivity contribution in [2.24, 2.45) is 0 Å². The van der Waals surface area contributed by atoms with E-state index in [4.69, 9.17) is 0 Å². The zero-order chi connectivity index (χ0) is 9.12. The Kier molecular flexibility index (Phi) is 3.01. The van der Waals surface area contributed by atoms with E-state index in [0.29, 0.717) is 0 Å². The average Bonchev–Trinajstić information content (AvgIpc) is 1.55. The summed E-state index contributed by atoms with van der Waals surface area (Å²) in [6, 6.07) is 0. The fourth-order valence-electron chi connectivity index (χ4n) is 0.401. The first-order valence-corrected chi connectivity index (χ1v) is 4.27. The van der Waals surface area contributed by atoms with E-state index < -0.39 is 15.9 Å². The number of hydrogen-bond donors (Lipinski definition) is 1. The smallest absolute Gasteiger partial charge is 0.262 e. The minimum absolute atomic E-state index is 0.845. The van der Waals surface area contributed by atoms with Gasteiger partial charge in [0.2, 0.25) is 0 Å². The molecule has 0 aliphatic rings. The Hall–Kier alpha value is -0.620. The van der Waals surface area contributed by atoms with Crippen molar-refractivity contribution >= 4 is 16.7 Å². The van der Waals surface area contributed by atoms with Crippen molar-refractivity contribution in [1.29, 1.82) is 0 Å². The fourth-order valence-corrected chi connectivity index (χ4v) is 1.20. The van der Waals surface area contributed by atoms with Crippen molar-refractivity contribution in [2.45, 2.75) is 26.4 Å². The molecule has 0 atom stereocenters. The van der Waals surface area contributed by atoms with Crippen molar-refractivity contribution in [3.8, 4) is 0 Å². The molecule has 0 saturated carbocycles. The molecule has 0 aromatic heterocycles. The lowest BCUT2D eigenvalue weighted by Gasteiger charge is -2.17. The van der Waals surface area contributed by atoms with Gasteiger partial charge in [0.15, 0.2) is 0 Å². The van der Waals surface area contributed by atoms with Gasteiger partial charge in [-0.15, -0.1) is 0 Å². The number of amides is 1. The highest BCUT2D eigenvalue weighted by Gasteiger charge is 2.20. The molecular weight excluding hydrogens is 170 g/mol. The van der Waals surface area contributed by atoms with Gasteiger partial charge in [-0.05, 0) is 20.8 Å². The first kappa shape index (κ1) is 10.4. The van der Waals surface area contributed by atoms with E-state index in [1.807, 2.05) is 0 Å². The van der Waals surface area contributed by atoms with Crippen LogP contribution in [-0.2, 0) is 19.3 Å². The molecule has 0 fully saturated rings. The Morgan fingerprint density at radius 2 is 1.82 bits per heavy atom. The van der Waals surface area contributed by atoms with Gasteiger partial charge in [-0.25, -0.2) is 8.91 Å². The van der Waals surface area contributed by atoms with Crippen LogP contribution >= 0.6 is 0 Å². The molecule has 6 heteroatoms. The highest BCUT2D eigenvalue weighted by Crippen LogP contribution is 2.09. The molecule has 5 nitrogen and oxygen atoms in total. The van der Waals surface area contributed by atoms with Crippen LogP contribution in [0, 0.1) is 0 Å². The highest BCUT2D eigenvalue weighted by atomic mass is 32.2. The van der Waals surface area contributed by atoms with Gasteiger partial charge in [-0.3, -0.25) is 4.79 Å². The summed E-state index contributed by atoms with van der Waals surface area (Å²) in [7, 11) is -3.96. The third kappa shape index (κ3) is 5.81. The van der Waals surface area contributed by atoms with Gasteiger partial charge in [0.05, 0.1) is 5.60 Å². The molecule has 0 aliphatic heterocycles. The molecule has 0 saturated heterocycles. The van der Waals surface area contributed by atoms with Crippen LogP contribution in [0.1, 0.15) is 20.8 Å². The summed E-state index contributed by atoms with van der Waals surface area (Å²) in [5, 5.41) is 0. The molecule has 0 bridgehead atoms. The normalized spacial score (nSPS) is 12.6. The zero-order valence-corrected chi connectivity index (χ0v) is 7.36. The second-order valence-electron chi connectivity index (χ2n) is 2.85. The maximum absolute atomic E-state index is 10.7. The first-order chi connectivity index (χ1) is 4.77. The average molecular weight is 180 g/mol. The summed E-state index contributed by atoms with van der Waals surface area (Å²) < 4.78 is 27.2. The van der Waals surface area contributed by atoms with Crippen LogP contribution in [0.3, 0.4) is 0 Å². The Bertz CT molecular complexity index is 225. The third-order valence-electron chi connectivity index (χ3n) is 0.526. The molecule has 65 valence electrons. The van der Waals surface area contributed by atoms with Crippen LogP contribution in [0.5, 0.6) is 0 Å². The number of hydrogen-bond acceptors (Lipinski definition) is 4. The van der Waals surface area contributed by atoms with Crippen LogP contribution in [0.15, 0.2) is 0 Å². The Balaban J connectivity index is 4.26. The summed E-state index contributed by atoms with van der Waals surface area (Å²) in [5.41, 5.74) is -0.845. The zero-order valence-electron chi connectivity index (χ0n) is 6.54. The van der Waals surface area contributed by atoms with Crippen molar-refractivity contribution in [3.05, 3.63) is 0 Å². The number of rotatable bonds is 3. The summed E-state index contributed by atoms with van der Waals surface area (Å²) in [5.74, 6) is 0. The van der Waals surface area contributed by atoms with Gasteiger partial charge in [0, 0.05) is 0 Å². The molecular formula is C5H10NO4S. The summed E-state index contributed by atoms with van der Waals surface area (Å²) in [4.78, 5) is 9.61. The topological polar surface area (TPSA) is 72.5 Å². The molecule has 0 aliphatic carbocycles. The lowest BCUT2D eigenvalue weighted by Crippen LogP contribution is -2.32. The van der Waals surface area contributed by atoms with Crippen LogP contribution in [0.2, 0.25) is 0 Å². The Morgan fingerprint density at radius 1 is 1.36 bits per heavy atom. The largest absolute Gasteiger partial charge is 0.363 e. The van der Waals surface area contributed by atoms with E-state index in [9.17, 15) is 13.2 Å². The van der Waals surface area contributed by atoms with Crippen LogP contribution in [0.4, 0.5) is 0 Å². The molecule has 11 heavy (non-hydrogen) atoms. The minimum Gasteiger partial charge on any atom is -0.262 e. The van der Waals surface area contributed by atoms with Gasteiger partial charge in [0.25, 0.3) is 0 Å². The lowest BCUT2D eigenvalue weighted by molar-refractivity contribution is 0.138. The van der Waals surface area contributed by atoms with E-state index >= 15 is 0 Å². The fraction of sp³-hybridized carbons (Fsp3) is 0.800. The first-order valence-electron chi connectivity index (χ1n) is 2.86. The maximum Gasteiger partial charge on any atom is 0.363 e. The van der Waals surface area contributed by atoms with Gasteiger partial charge < -0.3 is 0 Å². The second-order valence-corrected chi connectivity index (χ2v) is 4.13. The maximum atomic E-state index is 10.7. The quantitative estimate of drug-likeness (QED) is 0.605. The van der Waals surface area contributed by atoms with Crippen molar-refractivity contribution in [2.75, 3.05) is 0 Å². The van der Waals surface area contributed by atoms with Gasteiger partial charge in [-0.2, -0.15) is 8.42 Å². The van der Waals surface area contributed by atoms with E-state index in [-0.39, 0.29) is 0 Å². The standard InChI is InChI=1S/C5H10NO4S/c1-5(2,3)10-11(8,9)6-4-7/h1-3H3,(H,6,7). The molecule has 1 radical (unpaired) electrons. The third-order valence-corrected chi connectivity index (χ3v) is 1.58. The molecule has 1 N–H and O–H groups in total. The molecule has 0 heterocycles.